The molecule has 142 valence electrons. The molecule has 0 aliphatic heterocycles. The van der Waals surface area contributed by atoms with Crippen LogP contribution in [0, 0.1) is 0 Å². The standard InChI is InChI=1S/C22H22F3NO/c1-16(20-13-5-10-18-9-2-3-12-21(18)20)26-14-6-8-17-7-4-11-19(15-17)27-22(23,24)25/h2-5,7,9-13,15-16,26H,6,8,14H2,1H3. The fourth-order valence-corrected chi connectivity index (χ4v) is 3.25. The smallest absolute Gasteiger partial charge is 0.406 e. The fourth-order valence-electron chi connectivity index (χ4n) is 3.25. The van der Waals surface area contributed by atoms with Crippen LogP contribution in [0.5, 0.6) is 5.75 Å². The third kappa shape index (κ3) is 5.47. The van der Waals surface area contributed by atoms with Crippen LogP contribution in [0.2, 0.25) is 0 Å². The molecule has 0 heterocycles. The minimum absolute atomic E-state index is 0.169. The average Bonchev–Trinajstić information content (AvgIpc) is 2.63. The number of fused-ring (bicyclic) bond motifs is 1. The largest absolute Gasteiger partial charge is 0.573 e. The number of rotatable bonds is 7. The van der Waals surface area contributed by atoms with Crippen LogP contribution in [0.15, 0.2) is 66.7 Å². The van der Waals surface area contributed by atoms with E-state index in [1.54, 1.807) is 6.07 Å². The van der Waals surface area contributed by atoms with Gasteiger partial charge >= 0.3 is 6.36 Å². The summed E-state index contributed by atoms with van der Waals surface area (Å²) in [5.41, 5.74) is 2.07. The summed E-state index contributed by atoms with van der Waals surface area (Å²) in [5, 5.41) is 5.95. The van der Waals surface area contributed by atoms with Crippen LogP contribution in [-0.2, 0) is 6.42 Å². The highest BCUT2D eigenvalue weighted by Gasteiger charge is 2.31. The molecular formula is C22H22F3NO. The topological polar surface area (TPSA) is 21.3 Å². The van der Waals surface area contributed by atoms with E-state index in [1.165, 1.54) is 28.5 Å². The van der Waals surface area contributed by atoms with Crippen LogP contribution < -0.4 is 10.1 Å². The van der Waals surface area contributed by atoms with Crippen molar-refractivity contribution in [3.8, 4) is 5.75 Å². The van der Waals surface area contributed by atoms with Crippen LogP contribution in [0.25, 0.3) is 10.8 Å². The molecule has 27 heavy (non-hydrogen) atoms. The normalized spacial score (nSPS) is 12.9. The summed E-state index contributed by atoms with van der Waals surface area (Å²) in [7, 11) is 0. The fraction of sp³-hybridized carbons (Fsp3) is 0.273. The quantitative estimate of drug-likeness (QED) is 0.511. The van der Waals surface area contributed by atoms with Crippen molar-refractivity contribution in [2.24, 2.45) is 0 Å². The number of hydrogen-bond donors (Lipinski definition) is 1. The minimum Gasteiger partial charge on any atom is -0.406 e. The molecule has 1 N–H and O–H groups in total. The molecule has 3 aromatic rings. The Kier molecular flexibility index (Phi) is 6.01. The number of hydrogen-bond acceptors (Lipinski definition) is 2. The highest BCUT2D eigenvalue weighted by atomic mass is 19.4. The van der Waals surface area contributed by atoms with Gasteiger partial charge in [0.25, 0.3) is 0 Å². The summed E-state index contributed by atoms with van der Waals surface area (Å²) in [6, 6.07) is 20.9. The number of halogens is 3. The molecule has 0 amide bonds. The average molecular weight is 373 g/mol. The number of aryl methyl sites for hydroxylation is 1. The lowest BCUT2D eigenvalue weighted by molar-refractivity contribution is -0.274. The van der Waals surface area contributed by atoms with Gasteiger partial charge in [0.1, 0.15) is 5.75 Å². The summed E-state index contributed by atoms with van der Waals surface area (Å²) >= 11 is 0. The SMILES string of the molecule is CC(NCCCc1cccc(OC(F)(F)F)c1)c1cccc2ccccc12. The van der Waals surface area contributed by atoms with Crippen molar-refractivity contribution in [3.05, 3.63) is 77.9 Å². The van der Waals surface area contributed by atoms with Crippen molar-refractivity contribution >= 4 is 10.8 Å². The van der Waals surface area contributed by atoms with Gasteiger partial charge in [0.15, 0.2) is 0 Å². The highest BCUT2D eigenvalue weighted by Crippen LogP contribution is 2.25. The molecule has 0 bridgehead atoms. The van der Waals surface area contributed by atoms with Gasteiger partial charge in [-0.15, -0.1) is 13.2 Å². The third-order valence-electron chi connectivity index (χ3n) is 4.51. The van der Waals surface area contributed by atoms with E-state index in [0.29, 0.717) is 6.42 Å². The zero-order valence-corrected chi connectivity index (χ0v) is 15.1. The number of benzene rings is 3. The van der Waals surface area contributed by atoms with Gasteiger partial charge < -0.3 is 10.1 Å². The molecule has 1 atom stereocenters. The third-order valence-corrected chi connectivity index (χ3v) is 4.51. The maximum absolute atomic E-state index is 12.3. The molecule has 0 saturated heterocycles. The van der Waals surface area contributed by atoms with Crippen molar-refractivity contribution in [3.63, 3.8) is 0 Å². The lowest BCUT2D eigenvalue weighted by Crippen LogP contribution is -2.20. The maximum Gasteiger partial charge on any atom is 0.573 e. The molecule has 5 heteroatoms. The molecule has 2 nitrogen and oxygen atoms in total. The Morgan fingerprint density at radius 1 is 0.963 bits per heavy atom. The van der Waals surface area contributed by atoms with Gasteiger partial charge in [0.05, 0.1) is 0 Å². The van der Waals surface area contributed by atoms with E-state index in [1.807, 2.05) is 18.2 Å². The van der Waals surface area contributed by atoms with Gasteiger partial charge in [0, 0.05) is 6.04 Å². The predicted molar refractivity (Wildman–Crippen MR) is 102 cm³/mol. The van der Waals surface area contributed by atoms with E-state index < -0.39 is 6.36 Å². The first kappa shape index (κ1) is 19.2. The van der Waals surface area contributed by atoms with Gasteiger partial charge in [-0.25, -0.2) is 0 Å². The molecule has 0 saturated carbocycles. The van der Waals surface area contributed by atoms with Gasteiger partial charge in [-0.1, -0.05) is 54.6 Å². The van der Waals surface area contributed by atoms with E-state index in [-0.39, 0.29) is 11.8 Å². The Balaban J connectivity index is 1.53. The number of ether oxygens (including phenoxy) is 1. The summed E-state index contributed by atoms with van der Waals surface area (Å²) < 4.78 is 40.9. The Morgan fingerprint density at radius 2 is 1.70 bits per heavy atom. The van der Waals surface area contributed by atoms with Crippen molar-refractivity contribution in [2.45, 2.75) is 32.2 Å². The molecule has 0 aliphatic rings. The molecule has 0 spiro atoms. The van der Waals surface area contributed by atoms with Crippen LogP contribution in [0.4, 0.5) is 13.2 Å². The lowest BCUT2D eigenvalue weighted by Gasteiger charge is -2.17. The first-order valence-corrected chi connectivity index (χ1v) is 8.98. The molecule has 3 aromatic carbocycles. The van der Waals surface area contributed by atoms with Crippen molar-refractivity contribution in [1.82, 2.24) is 5.32 Å². The molecule has 0 fully saturated rings. The van der Waals surface area contributed by atoms with Crippen LogP contribution in [-0.4, -0.2) is 12.9 Å². The van der Waals surface area contributed by atoms with Gasteiger partial charge in [0.2, 0.25) is 0 Å². The molecule has 0 aliphatic carbocycles. The van der Waals surface area contributed by atoms with Gasteiger partial charge in [-0.05, 0) is 60.3 Å². The molecule has 0 aromatic heterocycles. The summed E-state index contributed by atoms with van der Waals surface area (Å²) in [5.74, 6) is -0.169. The van der Waals surface area contributed by atoms with Crippen molar-refractivity contribution < 1.29 is 17.9 Å². The number of nitrogens with one attached hydrogen (secondary N) is 1. The summed E-state index contributed by atoms with van der Waals surface area (Å²) in [6.45, 7) is 2.90. The second kappa shape index (κ2) is 8.44. The van der Waals surface area contributed by atoms with E-state index in [0.717, 1.165) is 18.5 Å². The molecule has 3 rings (SSSR count). The van der Waals surface area contributed by atoms with E-state index >= 15 is 0 Å². The predicted octanol–water partition coefficient (Wildman–Crippen LogP) is 6.02. The maximum atomic E-state index is 12.3. The van der Waals surface area contributed by atoms with Gasteiger partial charge in [-0.3, -0.25) is 0 Å². The van der Waals surface area contributed by atoms with Crippen molar-refractivity contribution in [2.75, 3.05) is 6.54 Å². The monoisotopic (exact) mass is 373 g/mol. The Morgan fingerprint density at radius 3 is 2.52 bits per heavy atom. The zero-order valence-electron chi connectivity index (χ0n) is 15.1. The Labute approximate surface area is 157 Å². The Bertz CT molecular complexity index is 887. The number of alkyl halides is 3. The van der Waals surface area contributed by atoms with Crippen LogP contribution in [0.1, 0.15) is 30.5 Å². The second-order valence-corrected chi connectivity index (χ2v) is 6.54. The van der Waals surface area contributed by atoms with Crippen LogP contribution >= 0.6 is 0 Å². The Hall–Kier alpha value is -2.53. The minimum atomic E-state index is -4.66. The highest BCUT2D eigenvalue weighted by molar-refractivity contribution is 5.86. The van der Waals surface area contributed by atoms with Crippen molar-refractivity contribution in [1.29, 1.82) is 0 Å². The molecule has 1 unspecified atom stereocenters. The van der Waals surface area contributed by atoms with Crippen LogP contribution in [0.3, 0.4) is 0 Å². The van der Waals surface area contributed by atoms with E-state index in [4.69, 9.17) is 0 Å². The first-order chi connectivity index (χ1) is 12.9. The molecular weight excluding hydrogens is 351 g/mol. The zero-order chi connectivity index (χ0) is 19.3. The van der Waals surface area contributed by atoms with E-state index in [2.05, 4.69) is 47.3 Å². The van der Waals surface area contributed by atoms with E-state index in [9.17, 15) is 13.2 Å². The summed E-state index contributed by atoms with van der Waals surface area (Å²) in [4.78, 5) is 0. The first-order valence-electron chi connectivity index (χ1n) is 8.98. The molecule has 0 radical (unpaired) electrons. The second-order valence-electron chi connectivity index (χ2n) is 6.54. The summed E-state index contributed by atoms with van der Waals surface area (Å²) in [6.07, 6.45) is -3.15. The lowest BCUT2D eigenvalue weighted by atomic mass is 9.99. The van der Waals surface area contributed by atoms with Gasteiger partial charge in [-0.2, -0.15) is 0 Å².